The van der Waals surface area contributed by atoms with Crippen molar-refractivity contribution in [3.8, 4) is 5.75 Å². The van der Waals surface area contributed by atoms with Gasteiger partial charge in [-0.3, -0.25) is 4.79 Å². The highest BCUT2D eigenvalue weighted by molar-refractivity contribution is 6.09. The van der Waals surface area contributed by atoms with Crippen LogP contribution in [0.2, 0.25) is 0 Å². The molecular formula is C19H21NO2. The molecule has 0 saturated carbocycles. The number of rotatable bonds is 4. The van der Waals surface area contributed by atoms with E-state index >= 15 is 0 Å². The summed E-state index contributed by atoms with van der Waals surface area (Å²) in [5.41, 5.74) is 2.63. The molecule has 1 aliphatic heterocycles. The van der Waals surface area contributed by atoms with Gasteiger partial charge in [-0.05, 0) is 67.8 Å². The van der Waals surface area contributed by atoms with Crippen molar-refractivity contribution in [1.29, 1.82) is 0 Å². The van der Waals surface area contributed by atoms with Gasteiger partial charge in [-0.1, -0.05) is 0 Å². The van der Waals surface area contributed by atoms with E-state index in [9.17, 15) is 4.79 Å². The molecule has 1 saturated heterocycles. The van der Waals surface area contributed by atoms with Crippen molar-refractivity contribution < 1.29 is 9.53 Å². The van der Waals surface area contributed by atoms with Gasteiger partial charge in [0.2, 0.25) is 0 Å². The zero-order valence-electron chi connectivity index (χ0n) is 12.9. The molecule has 1 heterocycles. The van der Waals surface area contributed by atoms with Gasteiger partial charge >= 0.3 is 0 Å². The summed E-state index contributed by atoms with van der Waals surface area (Å²) in [5.74, 6) is 0.810. The summed E-state index contributed by atoms with van der Waals surface area (Å²) in [6.07, 6.45) is 3.84. The van der Waals surface area contributed by atoms with Crippen LogP contribution in [0.3, 0.4) is 0 Å². The first kappa shape index (κ1) is 14.6. The molecule has 0 amide bonds. The molecule has 0 spiro atoms. The largest absolute Gasteiger partial charge is 0.497 e. The maximum atomic E-state index is 12.5. The van der Waals surface area contributed by atoms with Crippen molar-refractivity contribution in [2.75, 3.05) is 25.1 Å². The molecule has 1 fully saturated rings. The number of anilines is 1. The summed E-state index contributed by atoms with van der Waals surface area (Å²) in [4.78, 5) is 14.9. The predicted molar refractivity (Wildman–Crippen MR) is 88.9 cm³/mol. The maximum Gasteiger partial charge on any atom is 0.193 e. The van der Waals surface area contributed by atoms with Gasteiger partial charge in [-0.2, -0.15) is 0 Å². The highest BCUT2D eigenvalue weighted by Gasteiger charge is 2.13. The van der Waals surface area contributed by atoms with Gasteiger partial charge in [0.1, 0.15) is 5.75 Å². The van der Waals surface area contributed by atoms with Crippen molar-refractivity contribution in [2.24, 2.45) is 0 Å². The van der Waals surface area contributed by atoms with E-state index in [0.717, 1.165) is 24.4 Å². The molecule has 22 heavy (non-hydrogen) atoms. The molecule has 0 unspecified atom stereocenters. The van der Waals surface area contributed by atoms with Gasteiger partial charge in [-0.25, -0.2) is 0 Å². The molecular weight excluding hydrogens is 274 g/mol. The maximum absolute atomic E-state index is 12.5. The van der Waals surface area contributed by atoms with E-state index in [-0.39, 0.29) is 5.78 Å². The molecule has 114 valence electrons. The van der Waals surface area contributed by atoms with E-state index in [0.29, 0.717) is 5.56 Å². The molecule has 0 atom stereocenters. The summed E-state index contributed by atoms with van der Waals surface area (Å²) < 4.78 is 5.12. The lowest BCUT2D eigenvalue weighted by atomic mass is 10.0. The van der Waals surface area contributed by atoms with Crippen LogP contribution in [0, 0.1) is 0 Å². The number of methoxy groups -OCH3 is 1. The van der Waals surface area contributed by atoms with Gasteiger partial charge < -0.3 is 9.64 Å². The fourth-order valence-corrected chi connectivity index (χ4v) is 2.88. The van der Waals surface area contributed by atoms with Crippen LogP contribution < -0.4 is 9.64 Å². The number of carbonyl (C=O) groups is 1. The second-order valence-electron chi connectivity index (χ2n) is 5.65. The van der Waals surface area contributed by atoms with Crippen molar-refractivity contribution in [2.45, 2.75) is 19.3 Å². The minimum atomic E-state index is 0.0489. The number of hydrogen-bond donors (Lipinski definition) is 0. The third kappa shape index (κ3) is 3.14. The van der Waals surface area contributed by atoms with Crippen LogP contribution in [0.5, 0.6) is 5.75 Å². The quantitative estimate of drug-likeness (QED) is 0.801. The predicted octanol–water partition coefficient (Wildman–Crippen LogP) is 3.92. The average Bonchev–Trinajstić information content (AvgIpc) is 2.62. The number of piperidine rings is 1. The Morgan fingerprint density at radius 3 is 1.95 bits per heavy atom. The van der Waals surface area contributed by atoms with E-state index in [1.165, 1.54) is 24.9 Å². The minimum absolute atomic E-state index is 0.0489. The Labute approximate surface area is 131 Å². The number of hydrogen-bond acceptors (Lipinski definition) is 3. The summed E-state index contributed by atoms with van der Waals surface area (Å²) in [5, 5.41) is 0. The van der Waals surface area contributed by atoms with E-state index in [4.69, 9.17) is 4.74 Å². The smallest absolute Gasteiger partial charge is 0.193 e. The molecule has 0 bridgehead atoms. The Bertz CT molecular complexity index is 625. The normalized spacial score (nSPS) is 14.7. The van der Waals surface area contributed by atoms with Gasteiger partial charge in [-0.15, -0.1) is 0 Å². The second-order valence-corrected chi connectivity index (χ2v) is 5.65. The molecule has 0 radical (unpaired) electrons. The molecule has 3 nitrogen and oxygen atoms in total. The van der Waals surface area contributed by atoms with Gasteiger partial charge in [0, 0.05) is 29.9 Å². The van der Waals surface area contributed by atoms with Crippen molar-refractivity contribution in [3.05, 3.63) is 59.7 Å². The van der Waals surface area contributed by atoms with Crippen LogP contribution in [0.1, 0.15) is 35.2 Å². The first-order valence-corrected chi connectivity index (χ1v) is 7.82. The van der Waals surface area contributed by atoms with Crippen molar-refractivity contribution >= 4 is 11.5 Å². The minimum Gasteiger partial charge on any atom is -0.497 e. The number of nitrogens with zero attached hydrogens (tertiary/aromatic N) is 1. The first-order chi connectivity index (χ1) is 10.8. The molecule has 3 rings (SSSR count). The summed E-state index contributed by atoms with van der Waals surface area (Å²) in [6, 6.07) is 15.2. The van der Waals surface area contributed by atoms with E-state index in [2.05, 4.69) is 17.0 Å². The van der Waals surface area contributed by atoms with Gasteiger partial charge in [0.25, 0.3) is 0 Å². The molecule has 2 aromatic rings. The van der Waals surface area contributed by atoms with Crippen LogP contribution in [-0.4, -0.2) is 26.0 Å². The monoisotopic (exact) mass is 295 g/mol. The molecule has 3 heteroatoms. The van der Waals surface area contributed by atoms with Crippen LogP contribution in [0.25, 0.3) is 0 Å². The fraction of sp³-hybridized carbons (Fsp3) is 0.316. The van der Waals surface area contributed by atoms with Crippen LogP contribution in [0.4, 0.5) is 5.69 Å². The zero-order chi connectivity index (χ0) is 15.4. The van der Waals surface area contributed by atoms with Crippen LogP contribution >= 0.6 is 0 Å². The Hall–Kier alpha value is -2.29. The van der Waals surface area contributed by atoms with Gasteiger partial charge in [0.05, 0.1) is 7.11 Å². The number of carbonyl (C=O) groups excluding carboxylic acids is 1. The van der Waals surface area contributed by atoms with Crippen LogP contribution in [-0.2, 0) is 0 Å². The lowest BCUT2D eigenvalue weighted by Crippen LogP contribution is -2.29. The van der Waals surface area contributed by atoms with E-state index in [1.807, 2.05) is 24.3 Å². The van der Waals surface area contributed by atoms with E-state index < -0.39 is 0 Å². The molecule has 0 N–H and O–H groups in total. The summed E-state index contributed by atoms with van der Waals surface area (Å²) in [6.45, 7) is 2.23. The van der Waals surface area contributed by atoms with Crippen molar-refractivity contribution in [3.63, 3.8) is 0 Å². The molecule has 0 aliphatic carbocycles. The third-order valence-corrected chi connectivity index (χ3v) is 4.20. The second kappa shape index (κ2) is 6.65. The Kier molecular flexibility index (Phi) is 4.42. The van der Waals surface area contributed by atoms with Crippen molar-refractivity contribution in [1.82, 2.24) is 0 Å². The number of ether oxygens (including phenoxy) is 1. The number of ketones is 1. The lowest BCUT2D eigenvalue weighted by Gasteiger charge is -2.28. The fourth-order valence-electron chi connectivity index (χ4n) is 2.88. The summed E-state index contributed by atoms with van der Waals surface area (Å²) >= 11 is 0. The number of benzene rings is 2. The summed E-state index contributed by atoms with van der Waals surface area (Å²) in [7, 11) is 1.62. The lowest BCUT2D eigenvalue weighted by molar-refractivity contribution is 0.103. The zero-order valence-corrected chi connectivity index (χ0v) is 12.9. The van der Waals surface area contributed by atoms with Crippen LogP contribution in [0.15, 0.2) is 48.5 Å². The van der Waals surface area contributed by atoms with Gasteiger partial charge in [0.15, 0.2) is 5.78 Å². The Morgan fingerprint density at radius 2 is 1.41 bits per heavy atom. The molecule has 2 aromatic carbocycles. The molecule has 0 aromatic heterocycles. The average molecular weight is 295 g/mol. The highest BCUT2D eigenvalue weighted by atomic mass is 16.5. The standard InChI is InChI=1S/C19H21NO2/c1-22-18-11-7-16(8-12-18)19(21)15-5-9-17(10-6-15)20-13-3-2-4-14-20/h5-12H,2-4,13-14H2,1H3. The highest BCUT2D eigenvalue weighted by Crippen LogP contribution is 2.21. The Morgan fingerprint density at radius 1 is 0.864 bits per heavy atom. The SMILES string of the molecule is COc1ccc(C(=O)c2ccc(N3CCCCC3)cc2)cc1. The third-order valence-electron chi connectivity index (χ3n) is 4.20. The topological polar surface area (TPSA) is 29.5 Å². The first-order valence-electron chi connectivity index (χ1n) is 7.82. The Balaban J connectivity index is 1.74. The van der Waals surface area contributed by atoms with E-state index in [1.54, 1.807) is 19.2 Å². The molecule has 1 aliphatic rings.